The van der Waals surface area contributed by atoms with Crippen molar-refractivity contribution in [2.75, 3.05) is 26.7 Å². The SMILES string of the molecule is CCC1CN(C2CCCC2NC)CCO1. The molecule has 2 rings (SSSR count). The molecule has 1 saturated heterocycles. The van der Waals surface area contributed by atoms with E-state index in [1.54, 1.807) is 0 Å². The zero-order valence-corrected chi connectivity index (χ0v) is 10.0. The average molecular weight is 212 g/mol. The fourth-order valence-electron chi connectivity index (χ4n) is 3.00. The molecule has 0 spiro atoms. The van der Waals surface area contributed by atoms with Crippen LogP contribution in [0.25, 0.3) is 0 Å². The smallest absolute Gasteiger partial charge is 0.0700 e. The van der Waals surface area contributed by atoms with Crippen LogP contribution >= 0.6 is 0 Å². The van der Waals surface area contributed by atoms with E-state index >= 15 is 0 Å². The van der Waals surface area contributed by atoms with Gasteiger partial charge in [-0.1, -0.05) is 13.3 Å². The Hall–Kier alpha value is -0.120. The minimum atomic E-state index is 0.469. The molecule has 2 aliphatic rings. The van der Waals surface area contributed by atoms with Gasteiger partial charge in [-0.2, -0.15) is 0 Å². The van der Waals surface area contributed by atoms with Gasteiger partial charge in [0, 0.05) is 25.2 Å². The van der Waals surface area contributed by atoms with Gasteiger partial charge in [-0.25, -0.2) is 0 Å². The predicted molar refractivity (Wildman–Crippen MR) is 62.1 cm³/mol. The third-order valence-electron chi connectivity index (χ3n) is 3.94. The lowest BCUT2D eigenvalue weighted by Gasteiger charge is -2.38. The van der Waals surface area contributed by atoms with Crippen LogP contribution in [0.3, 0.4) is 0 Å². The van der Waals surface area contributed by atoms with Gasteiger partial charge >= 0.3 is 0 Å². The summed E-state index contributed by atoms with van der Waals surface area (Å²) in [6.45, 7) is 5.41. The molecule has 1 N–H and O–H groups in total. The van der Waals surface area contributed by atoms with Gasteiger partial charge in [-0.05, 0) is 26.3 Å². The first kappa shape index (κ1) is 11.4. The second-order valence-electron chi connectivity index (χ2n) is 4.79. The largest absolute Gasteiger partial charge is 0.376 e. The summed E-state index contributed by atoms with van der Waals surface area (Å²) in [7, 11) is 2.10. The molecule has 1 saturated carbocycles. The quantitative estimate of drug-likeness (QED) is 0.762. The fraction of sp³-hybridized carbons (Fsp3) is 1.00. The molecule has 0 aromatic heterocycles. The maximum absolute atomic E-state index is 5.72. The average Bonchev–Trinajstić information content (AvgIpc) is 2.77. The second-order valence-corrected chi connectivity index (χ2v) is 4.79. The van der Waals surface area contributed by atoms with Gasteiger partial charge < -0.3 is 10.1 Å². The first-order chi connectivity index (χ1) is 7.35. The van der Waals surface area contributed by atoms with E-state index in [2.05, 4.69) is 24.2 Å². The van der Waals surface area contributed by atoms with Crippen molar-refractivity contribution >= 4 is 0 Å². The summed E-state index contributed by atoms with van der Waals surface area (Å²) in [5.74, 6) is 0. The molecule has 3 atom stereocenters. The van der Waals surface area contributed by atoms with Crippen molar-refractivity contribution in [1.29, 1.82) is 0 Å². The number of hydrogen-bond acceptors (Lipinski definition) is 3. The van der Waals surface area contributed by atoms with Crippen LogP contribution in [0, 0.1) is 0 Å². The van der Waals surface area contributed by atoms with Crippen LogP contribution in [0.15, 0.2) is 0 Å². The molecule has 0 bridgehead atoms. The Morgan fingerprint density at radius 1 is 1.40 bits per heavy atom. The predicted octanol–water partition coefficient (Wildman–Crippen LogP) is 1.24. The van der Waals surface area contributed by atoms with Gasteiger partial charge in [-0.3, -0.25) is 4.90 Å². The molecule has 88 valence electrons. The van der Waals surface area contributed by atoms with Gasteiger partial charge in [0.25, 0.3) is 0 Å². The Balaban J connectivity index is 1.91. The zero-order chi connectivity index (χ0) is 10.7. The molecule has 1 aliphatic heterocycles. The summed E-state index contributed by atoms with van der Waals surface area (Å²) in [6.07, 6.45) is 5.70. The first-order valence-electron chi connectivity index (χ1n) is 6.38. The molecule has 0 radical (unpaired) electrons. The standard InChI is InChI=1S/C12H24N2O/c1-3-10-9-14(7-8-15-10)12-6-4-5-11(12)13-2/h10-13H,3-9H2,1-2H3. The maximum atomic E-state index is 5.72. The number of morpholine rings is 1. The van der Waals surface area contributed by atoms with E-state index in [1.165, 1.54) is 19.3 Å². The molecule has 1 aliphatic carbocycles. The van der Waals surface area contributed by atoms with E-state index in [1.807, 2.05) is 0 Å². The summed E-state index contributed by atoms with van der Waals surface area (Å²) in [5.41, 5.74) is 0. The van der Waals surface area contributed by atoms with Crippen LogP contribution in [0.5, 0.6) is 0 Å². The third-order valence-corrected chi connectivity index (χ3v) is 3.94. The second kappa shape index (κ2) is 5.28. The molecule has 0 aromatic rings. The molecule has 3 unspecified atom stereocenters. The van der Waals surface area contributed by atoms with Crippen molar-refractivity contribution in [3.05, 3.63) is 0 Å². The van der Waals surface area contributed by atoms with Crippen molar-refractivity contribution in [3.63, 3.8) is 0 Å². The molecule has 3 heteroatoms. The molecule has 0 aromatic carbocycles. The lowest BCUT2D eigenvalue weighted by atomic mass is 10.1. The van der Waals surface area contributed by atoms with E-state index in [0.717, 1.165) is 32.2 Å². The lowest BCUT2D eigenvalue weighted by Crippen LogP contribution is -2.52. The summed E-state index contributed by atoms with van der Waals surface area (Å²) in [6, 6.07) is 1.47. The Kier molecular flexibility index (Phi) is 4.00. The Bertz CT molecular complexity index is 198. The van der Waals surface area contributed by atoms with E-state index in [9.17, 15) is 0 Å². The van der Waals surface area contributed by atoms with Crippen molar-refractivity contribution < 1.29 is 4.74 Å². The minimum absolute atomic E-state index is 0.469. The molecule has 1 heterocycles. The van der Waals surface area contributed by atoms with Crippen molar-refractivity contribution in [2.45, 2.75) is 50.8 Å². The first-order valence-corrected chi connectivity index (χ1v) is 6.38. The Morgan fingerprint density at radius 2 is 2.27 bits per heavy atom. The van der Waals surface area contributed by atoms with Crippen molar-refractivity contribution in [2.24, 2.45) is 0 Å². The van der Waals surface area contributed by atoms with Crippen LogP contribution in [0.2, 0.25) is 0 Å². The summed E-state index contributed by atoms with van der Waals surface area (Å²) < 4.78 is 5.72. The van der Waals surface area contributed by atoms with E-state index in [-0.39, 0.29) is 0 Å². The van der Waals surface area contributed by atoms with Gasteiger partial charge in [0.05, 0.1) is 12.7 Å². The highest BCUT2D eigenvalue weighted by molar-refractivity contribution is 4.91. The Morgan fingerprint density at radius 3 is 3.00 bits per heavy atom. The monoisotopic (exact) mass is 212 g/mol. The van der Waals surface area contributed by atoms with Crippen LogP contribution in [-0.4, -0.2) is 49.8 Å². The molecule has 2 fully saturated rings. The topological polar surface area (TPSA) is 24.5 Å². The van der Waals surface area contributed by atoms with Crippen molar-refractivity contribution in [1.82, 2.24) is 10.2 Å². The van der Waals surface area contributed by atoms with Gasteiger partial charge in [0.15, 0.2) is 0 Å². The van der Waals surface area contributed by atoms with Crippen LogP contribution < -0.4 is 5.32 Å². The summed E-state index contributed by atoms with van der Waals surface area (Å²) in [4.78, 5) is 2.64. The molecular weight excluding hydrogens is 188 g/mol. The highest BCUT2D eigenvalue weighted by atomic mass is 16.5. The van der Waals surface area contributed by atoms with E-state index in [0.29, 0.717) is 12.1 Å². The minimum Gasteiger partial charge on any atom is -0.376 e. The summed E-state index contributed by atoms with van der Waals surface area (Å²) >= 11 is 0. The van der Waals surface area contributed by atoms with Gasteiger partial charge in [-0.15, -0.1) is 0 Å². The molecule has 3 nitrogen and oxygen atoms in total. The Labute approximate surface area is 93.2 Å². The molecule has 15 heavy (non-hydrogen) atoms. The normalized spacial score (nSPS) is 38.4. The lowest BCUT2D eigenvalue weighted by molar-refractivity contribution is -0.0464. The fourth-order valence-corrected chi connectivity index (χ4v) is 3.00. The summed E-state index contributed by atoms with van der Waals surface area (Å²) in [5, 5.41) is 3.46. The van der Waals surface area contributed by atoms with Gasteiger partial charge in [0.1, 0.15) is 0 Å². The third kappa shape index (κ3) is 2.52. The van der Waals surface area contributed by atoms with Crippen LogP contribution in [-0.2, 0) is 4.74 Å². The number of hydrogen-bond donors (Lipinski definition) is 1. The van der Waals surface area contributed by atoms with Gasteiger partial charge in [0.2, 0.25) is 0 Å². The van der Waals surface area contributed by atoms with Crippen LogP contribution in [0.1, 0.15) is 32.6 Å². The number of rotatable bonds is 3. The number of likely N-dealkylation sites (N-methyl/N-ethyl adjacent to an activating group) is 1. The highest BCUT2D eigenvalue weighted by Crippen LogP contribution is 2.25. The highest BCUT2D eigenvalue weighted by Gasteiger charge is 2.33. The van der Waals surface area contributed by atoms with E-state index in [4.69, 9.17) is 4.74 Å². The number of ether oxygens (including phenoxy) is 1. The number of nitrogens with zero attached hydrogens (tertiary/aromatic N) is 1. The van der Waals surface area contributed by atoms with Crippen LogP contribution in [0.4, 0.5) is 0 Å². The molecular formula is C12H24N2O. The number of nitrogens with one attached hydrogen (secondary N) is 1. The van der Waals surface area contributed by atoms with Crippen molar-refractivity contribution in [3.8, 4) is 0 Å². The maximum Gasteiger partial charge on any atom is 0.0700 e. The molecule has 0 amide bonds. The zero-order valence-electron chi connectivity index (χ0n) is 10.0. The van der Waals surface area contributed by atoms with E-state index < -0.39 is 0 Å².